The quantitative estimate of drug-likeness (QED) is 0.264. The van der Waals surface area contributed by atoms with E-state index in [0.29, 0.717) is 13.2 Å². The van der Waals surface area contributed by atoms with E-state index in [-0.39, 0.29) is 11.7 Å². The molecule has 0 saturated carbocycles. The highest BCUT2D eigenvalue weighted by molar-refractivity contribution is 8.00. The number of nitrogens with zero attached hydrogens (tertiary/aromatic N) is 1. The highest BCUT2D eigenvalue weighted by atomic mass is 35.5. The van der Waals surface area contributed by atoms with E-state index >= 15 is 0 Å². The van der Waals surface area contributed by atoms with Crippen LogP contribution in [0.5, 0.6) is 0 Å². The molecule has 0 saturated heterocycles. The van der Waals surface area contributed by atoms with Crippen molar-refractivity contribution in [2.45, 2.75) is 18.0 Å². The molecular formula is C24H20ClNO2S. The van der Waals surface area contributed by atoms with Crippen molar-refractivity contribution >= 4 is 40.2 Å². The SMILES string of the molecule is O=C(CSc1cn(Cc2ccccc2Cl)c2ccccc12)OCc1ccccc1. The monoisotopic (exact) mass is 421 g/mol. The molecule has 1 aromatic heterocycles. The van der Waals surface area contributed by atoms with Crippen molar-refractivity contribution in [2.24, 2.45) is 0 Å². The van der Waals surface area contributed by atoms with E-state index < -0.39 is 0 Å². The van der Waals surface area contributed by atoms with Crippen molar-refractivity contribution < 1.29 is 9.53 Å². The molecule has 0 N–H and O–H groups in total. The molecule has 146 valence electrons. The number of halogens is 1. The van der Waals surface area contributed by atoms with Gasteiger partial charge in [-0.1, -0.05) is 78.3 Å². The molecule has 4 rings (SSSR count). The number of para-hydroxylation sites is 1. The Morgan fingerprint density at radius 1 is 0.931 bits per heavy atom. The van der Waals surface area contributed by atoms with Crippen molar-refractivity contribution in [1.29, 1.82) is 0 Å². The van der Waals surface area contributed by atoms with Crippen LogP contribution in [0.25, 0.3) is 10.9 Å². The minimum atomic E-state index is -0.221. The summed E-state index contributed by atoms with van der Waals surface area (Å²) in [7, 11) is 0. The number of rotatable bonds is 7. The predicted octanol–water partition coefficient (Wildman–Crippen LogP) is 6.18. The third-order valence-electron chi connectivity index (χ3n) is 4.64. The maximum atomic E-state index is 12.2. The summed E-state index contributed by atoms with van der Waals surface area (Å²) in [5, 5.41) is 1.88. The van der Waals surface area contributed by atoms with Crippen molar-refractivity contribution in [1.82, 2.24) is 4.57 Å². The van der Waals surface area contributed by atoms with Gasteiger partial charge < -0.3 is 9.30 Å². The first-order valence-corrected chi connectivity index (χ1v) is 10.7. The largest absolute Gasteiger partial charge is 0.460 e. The third-order valence-corrected chi connectivity index (χ3v) is 6.02. The second-order valence-electron chi connectivity index (χ2n) is 6.66. The molecule has 0 fully saturated rings. The van der Waals surface area contributed by atoms with Crippen LogP contribution in [0.15, 0.2) is 90.0 Å². The van der Waals surface area contributed by atoms with Gasteiger partial charge >= 0.3 is 5.97 Å². The van der Waals surface area contributed by atoms with E-state index in [1.165, 1.54) is 11.8 Å². The van der Waals surface area contributed by atoms with Crippen LogP contribution in [0.3, 0.4) is 0 Å². The Hall–Kier alpha value is -2.69. The molecule has 0 spiro atoms. The molecule has 0 atom stereocenters. The smallest absolute Gasteiger partial charge is 0.316 e. The van der Waals surface area contributed by atoms with Crippen LogP contribution in [-0.2, 0) is 22.7 Å². The Labute approximate surface area is 179 Å². The van der Waals surface area contributed by atoms with Gasteiger partial charge in [0.2, 0.25) is 0 Å². The Morgan fingerprint density at radius 2 is 1.66 bits per heavy atom. The van der Waals surface area contributed by atoms with Crippen LogP contribution < -0.4 is 0 Å². The first-order chi connectivity index (χ1) is 14.2. The summed E-state index contributed by atoms with van der Waals surface area (Å²) in [6, 6.07) is 25.8. The second kappa shape index (κ2) is 9.21. The molecule has 0 aliphatic heterocycles. The lowest BCUT2D eigenvalue weighted by Crippen LogP contribution is -2.07. The average Bonchev–Trinajstić information content (AvgIpc) is 3.11. The van der Waals surface area contributed by atoms with Crippen LogP contribution in [0.2, 0.25) is 5.02 Å². The summed E-state index contributed by atoms with van der Waals surface area (Å²) < 4.78 is 7.57. The topological polar surface area (TPSA) is 31.2 Å². The number of ether oxygens (including phenoxy) is 1. The maximum Gasteiger partial charge on any atom is 0.316 e. The normalized spacial score (nSPS) is 10.9. The fraction of sp³-hybridized carbons (Fsp3) is 0.125. The fourth-order valence-electron chi connectivity index (χ4n) is 3.19. The molecule has 0 unspecified atom stereocenters. The van der Waals surface area contributed by atoms with Gasteiger partial charge in [0.25, 0.3) is 0 Å². The number of thioether (sulfide) groups is 1. The molecule has 3 aromatic carbocycles. The van der Waals surface area contributed by atoms with Gasteiger partial charge in [0.15, 0.2) is 0 Å². The average molecular weight is 422 g/mol. The second-order valence-corrected chi connectivity index (χ2v) is 8.09. The zero-order valence-corrected chi connectivity index (χ0v) is 17.3. The predicted molar refractivity (Wildman–Crippen MR) is 119 cm³/mol. The van der Waals surface area contributed by atoms with Gasteiger partial charge in [-0.2, -0.15) is 0 Å². The number of esters is 1. The Balaban J connectivity index is 1.46. The Bertz CT molecular complexity index is 1120. The van der Waals surface area contributed by atoms with Crippen LogP contribution in [0, 0.1) is 0 Å². The highest BCUT2D eigenvalue weighted by Gasteiger charge is 2.12. The van der Waals surface area contributed by atoms with Crippen molar-refractivity contribution in [3.05, 3.63) is 101 Å². The van der Waals surface area contributed by atoms with Gasteiger partial charge in [-0.15, -0.1) is 11.8 Å². The van der Waals surface area contributed by atoms with E-state index in [9.17, 15) is 4.79 Å². The van der Waals surface area contributed by atoms with E-state index in [4.69, 9.17) is 16.3 Å². The van der Waals surface area contributed by atoms with E-state index in [2.05, 4.69) is 22.9 Å². The summed E-state index contributed by atoms with van der Waals surface area (Å²) in [5.41, 5.74) is 3.17. The number of carbonyl (C=O) groups excluding carboxylic acids is 1. The summed E-state index contributed by atoms with van der Waals surface area (Å²) in [5.74, 6) is 0.0502. The van der Waals surface area contributed by atoms with Gasteiger partial charge in [-0.3, -0.25) is 4.79 Å². The third kappa shape index (κ3) is 4.84. The summed E-state index contributed by atoms with van der Waals surface area (Å²) >= 11 is 7.84. The minimum absolute atomic E-state index is 0.221. The molecule has 0 radical (unpaired) electrons. The Kier molecular flexibility index (Phi) is 6.23. The van der Waals surface area contributed by atoms with Gasteiger partial charge in [0, 0.05) is 33.6 Å². The molecular weight excluding hydrogens is 402 g/mol. The van der Waals surface area contributed by atoms with Crippen LogP contribution in [-0.4, -0.2) is 16.3 Å². The first-order valence-electron chi connectivity index (χ1n) is 9.34. The summed E-state index contributed by atoms with van der Waals surface area (Å²) in [4.78, 5) is 13.3. The fourth-order valence-corrected chi connectivity index (χ4v) is 4.27. The number of carbonyl (C=O) groups is 1. The maximum absolute atomic E-state index is 12.2. The van der Waals surface area contributed by atoms with Crippen molar-refractivity contribution in [3.8, 4) is 0 Å². The molecule has 1 heterocycles. The van der Waals surface area contributed by atoms with E-state index in [0.717, 1.165) is 31.9 Å². The molecule has 29 heavy (non-hydrogen) atoms. The standard InChI is InChI=1S/C24H20ClNO2S/c25-21-12-6-4-10-19(21)14-26-15-23(20-11-5-7-13-22(20)26)29-17-24(27)28-16-18-8-2-1-3-9-18/h1-13,15H,14,16-17H2. The summed E-state index contributed by atoms with van der Waals surface area (Å²) in [6.45, 7) is 0.980. The molecule has 0 aliphatic rings. The Morgan fingerprint density at radius 3 is 2.48 bits per heavy atom. The lowest BCUT2D eigenvalue weighted by Gasteiger charge is -2.07. The minimum Gasteiger partial charge on any atom is -0.460 e. The molecule has 0 bridgehead atoms. The lowest BCUT2D eigenvalue weighted by molar-refractivity contribution is -0.141. The first kappa shape index (κ1) is 19.6. The number of fused-ring (bicyclic) bond motifs is 1. The molecule has 0 amide bonds. The lowest BCUT2D eigenvalue weighted by atomic mass is 10.2. The number of hydrogen-bond donors (Lipinski definition) is 0. The summed E-state index contributed by atoms with van der Waals surface area (Å²) in [6.07, 6.45) is 2.09. The van der Waals surface area contributed by atoms with Crippen molar-refractivity contribution in [3.63, 3.8) is 0 Å². The molecule has 5 heteroatoms. The zero-order valence-electron chi connectivity index (χ0n) is 15.8. The van der Waals surface area contributed by atoms with Crippen LogP contribution >= 0.6 is 23.4 Å². The molecule has 3 nitrogen and oxygen atoms in total. The van der Waals surface area contributed by atoms with Gasteiger partial charge in [-0.05, 0) is 23.3 Å². The van der Waals surface area contributed by atoms with Crippen molar-refractivity contribution in [2.75, 3.05) is 5.75 Å². The van der Waals surface area contributed by atoms with E-state index in [1.54, 1.807) is 0 Å². The van der Waals surface area contributed by atoms with E-state index in [1.807, 2.05) is 66.7 Å². The van der Waals surface area contributed by atoms with Gasteiger partial charge in [0.1, 0.15) is 6.61 Å². The molecule has 0 aliphatic carbocycles. The van der Waals surface area contributed by atoms with Crippen LogP contribution in [0.4, 0.5) is 0 Å². The number of hydrogen-bond acceptors (Lipinski definition) is 3. The zero-order chi connectivity index (χ0) is 20.1. The molecule has 4 aromatic rings. The van der Waals surface area contributed by atoms with Gasteiger partial charge in [-0.25, -0.2) is 0 Å². The highest BCUT2D eigenvalue weighted by Crippen LogP contribution is 2.31. The number of aromatic nitrogens is 1. The van der Waals surface area contributed by atoms with Crippen LogP contribution in [0.1, 0.15) is 11.1 Å². The number of benzene rings is 3. The van der Waals surface area contributed by atoms with Gasteiger partial charge in [0.05, 0.1) is 5.75 Å².